The highest BCUT2D eigenvalue weighted by Crippen LogP contribution is 2.20. The van der Waals surface area contributed by atoms with Crippen molar-refractivity contribution in [3.63, 3.8) is 0 Å². The largest absolute Gasteiger partial charge is 0.465 e. The monoisotopic (exact) mass is 310 g/mol. The van der Waals surface area contributed by atoms with Crippen molar-refractivity contribution in [3.05, 3.63) is 32.6 Å². The van der Waals surface area contributed by atoms with Crippen LogP contribution in [0.15, 0.2) is 12.1 Å². The van der Waals surface area contributed by atoms with E-state index in [9.17, 15) is 9.18 Å². The van der Waals surface area contributed by atoms with Crippen molar-refractivity contribution in [2.45, 2.75) is 6.61 Å². The Bertz CT molecular complexity index is 365. The molecular weight excluding hydrogens is 302 g/mol. The molecule has 0 aliphatic heterocycles. The van der Waals surface area contributed by atoms with E-state index in [-0.39, 0.29) is 11.1 Å². The second kappa shape index (κ2) is 4.70. The van der Waals surface area contributed by atoms with E-state index >= 15 is 0 Å². The van der Waals surface area contributed by atoms with E-state index in [1.54, 1.807) is 6.07 Å². The molecule has 0 aliphatic rings. The summed E-state index contributed by atoms with van der Waals surface area (Å²) in [4.78, 5) is 11.1. The van der Waals surface area contributed by atoms with Crippen LogP contribution in [0, 0.1) is 9.39 Å². The molecule has 0 radical (unpaired) electrons. The van der Waals surface area contributed by atoms with E-state index in [0.29, 0.717) is 3.57 Å². The number of methoxy groups -OCH3 is 1. The maximum absolute atomic E-state index is 13.5. The Morgan fingerprint density at radius 1 is 1.64 bits per heavy atom. The first-order valence-corrected chi connectivity index (χ1v) is 4.85. The molecule has 5 heteroatoms. The summed E-state index contributed by atoms with van der Waals surface area (Å²) in [5.41, 5.74) is -0.0366. The Kier molecular flexibility index (Phi) is 3.82. The lowest BCUT2D eigenvalue weighted by molar-refractivity contribution is 0.0595. The van der Waals surface area contributed by atoms with E-state index in [1.165, 1.54) is 13.2 Å². The van der Waals surface area contributed by atoms with Crippen LogP contribution < -0.4 is 0 Å². The highest BCUT2D eigenvalue weighted by atomic mass is 127. The van der Waals surface area contributed by atoms with Gasteiger partial charge in [0.15, 0.2) is 0 Å². The second-order valence-corrected chi connectivity index (χ2v) is 3.70. The van der Waals surface area contributed by atoms with Gasteiger partial charge < -0.3 is 9.84 Å². The maximum Gasteiger partial charge on any atom is 0.340 e. The predicted molar refractivity (Wildman–Crippen MR) is 56.4 cm³/mol. The van der Waals surface area contributed by atoms with Crippen molar-refractivity contribution in [1.29, 1.82) is 0 Å². The summed E-state index contributed by atoms with van der Waals surface area (Å²) in [6.07, 6.45) is 0. The molecule has 1 rings (SSSR count). The molecule has 1 aromatic carbocycles. The Morgan fingerprint density at radius 3 is 2.79 bits per heavy atom. The molecule has 1 N–H and O–H groups in total. The molecule has 14 heavy (non-hydrogen) atoms. The van der Waals surface area contributed by atoms with E-state index in [1.807, 2.05) is 22.6 Å². The lowest BCUT2D eigenvalue weighted by atomic mass is 10.1. The number of aliphatic hydroxyl groups excluding tert-OH is 1. The second-order valence-electron chi connectivity index (χ2n) is 2.54. The standard InChI is InChI=1S/C9H8FIO3/c1-14-9(13)5-2-3-7(11)6(4-12)8(5)10/h2-3,12H,4H2,1H3. The average Bonchev–Trinajstić information content (AvgIpc) is 2.18. The third-order valence-electron chi connectivity index (χ3n) is 1.75. The van der Waals surface area contributed by atoms with Crippen molar-refractivity contribution in [1.82, 2.24) is 0 Å². The molecule has 0 amide bonds. The Morgan fingerprint density at radius 2 is 2.29 bits per heavy atom. The zero-order chi connectivity index (χ0) is 10.7. The third kappa shape index (κ3) is 2.03. The molecule has 1 aromatic rings. The molecule has 0 heterocycles. The van der Waals surface area contributed by atoms with Crippen LogP contribution in [-0.2, 0) is 11.3 Å². The molecule has 0 saturated carbocycles. The van der Waals surface area contributed by atoms with Crippen LogP contribution in [0.25, 0.3) is 0 Å². The van der Waals surface area contributed by atoms with Crippen LogP contribution in [0.1, 0.15) is 15.9 Å². The number of esters is 1. The fourth-order valence-electron chi connectivity index (χ4n) is 1.01. The minimum atomic E-state index is -0.742. The van der Waals surface area contributed by atoms with Crippen molar-refractivity contribution in [3.8, 4) is 0 Å². The molecule has 0 fully saturated rings. The highest BCUT2D eigenvalue weighted by molar-refractivity contribution is 14.1. The number of ether oxygens (including phenoxy) is 1. The summed E-state index contributed by atoms with van der Waals surface area (Å²) in [6, 6.07) is 2.89. The summed E-state index contributed by atoms with van der Waals surface area (Å²) in [7, 11) is 1.18. The fourth-order valence-corrected chi connectivity index (χ4v) is 1.60. The minimum Gasteiger partial charge on any atom is -0.465 e. The molecular formula is C9H8FIO3. The summed E-state index contributed by atoms with van der Waals surface area (Å²) >= 11 is 1.89. The molecule has 0 unspecified atom stereocenters. The number of hydrogen-bond acceptors (Lipinski definition) is 3. The Labute approximate surface area is 94.0 Å². The lowest BCUT2D eigenvalue weighted by Crippen LogP contribution is -2.08. The van der Waals surface area contributed by atoms with Gasteiger partial charge in [0.25, 0.3) is 0 Å². The van der Waals surface area contributed by atoms with Gasteiger partial charge in [-0.2, -0.15) is 0 Å². The quantitative estimate of drug-likeness (QED) is 0.668. The molecule has 3 nitrogen and oxygen atoms in total. The van der Waals surface area contributed by atoms with Gasteiger partial charge in [-0.15, -0.1) is 0 Å². The number of halogens is 2. The number of carbonyl (C=O) groups excluding carboxylic acids is 1. The lowest BCUT2D eigenvalue weighted by Gasteiger charge is -2.06. The Balaban J connectivity index is 3.28. The molecule has 0 saturated heterocycles. The molecule has 0 aromatic heterocycles. The van der Waals surface area contributed by atoms with Crippen LogP contribution in [0.3, 0.4) is 0 Å². The predicted octanol–water partition coefficient (Wildman–Crippen LogP) is 1.71. The van der Waals surface area contributed by atoms with Gasteiger partial charge in [-0.25, -0.2) is 9.18 Å². The van der Waals surface area contributed by atoms with Gasteiger partial charge >= 0.3 is 5.97 Å². The minimum absolute atomic E-state index is 0.119. The van der Waals surface area contributed by atoms with Crippen LogP contribution in [-0.4, -0.2) is 18.2 Å². The number of benzene rings is 1. The first-order valence-electron chi connectivity index (χ1n) is 3.77. The number of carbonyl (C=O) groups is 1. The molecule has 76 valence electrons. The van der Waals surface area contributed by atoms with Crippen LogP contribution in [0.2, 0.25) is 0 Å². The van der Waals surface area contributed by atoms with E-state index in [4.69, 9.17) is 5.11 Å². The van der Waals surface area contributed by atoms with Gasteiger partial charge in [0.1, 0.15) is 5.82 Å². The van der Waals surface area contributed by atoms with E-state index < -0.39 is 18.4 Å². The topological polar surface area (TPSA) is 46.5 Å². The van der Waals surface area contributed by atoms with E-state index in [2.05, 4.69) is 4.74 Å². The zero-order valence-corrected chi connectivity index (χ0v) is 9.54. The first kappa shape index (κ1) is 11.4. The molecule has 0 bridgehead atoms. The first-order chi connectivity index (χ1) is 6.61. The number of hydrogen-bond donors (Lipinski definition) is 1. The molecule has 0 aliphatic carbocycles. The van der Waals surface area contributed by atoms with Crippen molar-refractivity contribution < 1.29 is 19.0 Å². The smallest absolute Gasteiger partial charge is 0.340 e. The van der Waals surface area contributed by atoms with Crippen LogP contribution >= 0.6 is 22.6 Å². The van der Waals surface area contributed by atoms with Gasteiger partial charge in [0, 0.05) is 9.13 Å². The van der Waals surface area contributed by atoms with Gasteiger partial charge in [-0.1, -0.05) is 0 Å². The van der Waals surface area contributed by atoms with Gasteiger partial charge in [-0.3, -0.25) is 0 Å². The molecule has 0 atom stereocenters. The van der Waals surface area contributed by atoms with E-state index in [0.717, 1.165) is 0 Å². The van der Waals surface area contributed by atoms with Gasteiger partial charge in [-0.05, 0) is 34.7 Å². The summed E-state index contributed by atoms with van der Waals surface area (Å²) in [6.45, 7) is -0.436. The fraction of sp³-hybridized carbons (Fsp3) is 0.222. The number of rotatable bonds is 2. The maximum atomic E-state index is 13.5. The van der Waals surface area contributed by atoms with Gasteiger partial charge in [0.2, 0.25) is 0 Å². The van der Waals surface area contributed by atoms with Crippen LogP contribution in [0.5, 0.6) is 0 Å². The summed E-state index contributed by atoms with van der Waals surface area (Å²) in [5, 5.41) is 8.88. The third-order valence-corrected chi connectivity index (χ3v) is 2.76. The van der Waals surface area contributed by atoms with Crippen molar-refractivity contribution in [2.75, 3.05) is 7.11 Å². The Hall–Kier alpha value is -0.690. The summed E-state index contributed by atoms with van der Waals surface area (Å²) in [5.74, 6) is -1.46. The summed E-state index contributed by atoms with van der Waals surface area (Å²) < 4.78 is 18.5. The highest BCUT2D eigenvalue weighted by Gasteiger charge is 2.16. The normalized spacial score (nSPS) is 10.0. The van der Waals surface area contributed by atoms with Crippen molar-refractivity contribution in [2.24, 2.45) is 0 Å². The number of aliphatic hydroxyl groups is 1. The average molecular weight is 310 g/mol. The molecule has 0 spiro atoms. The SMILES string of the molecule is COC(=O)c1ccc(I)c(CO)c1F. The van der Waals surface area contributed by atoms with Gasteiger partial charge in [0.05, 0.1) is 19.3 Å². The van der Waals surface area contributed by atoms with Crippen LogP contribution in [0.4, 0.5) is 4.39 Å². The zero-order valence-electron chi connectivity index (χ0n) is 7.38. The van der Waals surface area contributed by atoms with Crippen molar-refractivity contribution >= 4 is 28.6 Å².